The van der Waals surface area contributed by atoms with E-state index in [-0.39, 0.29) is 19.6 Å². The minimum Gasteiger partial charge on any atom is -0.496 e. The number of benzene rings is 1. The molecule has 0 spiro atoms. The Hall–Kier alpha value is -2.61. The third-order valence-corrected chi connectivity index (χ3v) is 4.66. The Morgan fingerprint density at radius 2 is 1.70 bits per heavy atom. The van der Waals surface area contributed by atoms with Crippen molar-refractivity contribution in [2.45, 2.75) is 44.9 Å². The van der Waals surface area contributed by atoms with Crippen molar-refractivity contribution in [1.82, 2.24) is 4.90 Å². The maximum absolute atomic E-state index is 13.1. The number of hydrogen-bond acceptors (Lipinski definition) is 7. The Kier molecular flexibility index (Phi) is 6.43. The van der Waals surface area contributed by atoms with Gasteiger partial charge in [0.2, 0.25) is 11.4 Å². The second-order valence-electron chi connectivity index (χ2n) is 6.11. The molecule has 1 fully saturated rings. The van der Waals surface area contributed by atoms with Gasteiger partial charge >= 0.3 is 11.9 Å². The van der Waals surface area contributed by atoms with Crippen molar-refractivity contribution in [2.24, 2.45) is 0 Å². The standard InChI is InChI=1S/C19H25NO7/c1-5-26-17(23)19(18(24)27-6-2)14(11-16(22)20(19)12(3)21)13-9-7-8-10-15(13)25-4/h7-10,14,16,22H,5-6,11H2,1-4H3/t14-,16-/m0/s1. The van der Waals surface area contributed by atoms with Gasteiger partial charge in [0.15, 0.2) is 0 Å². The highest BCUT2D eigenvalue weighted by Gasteiger charge is 2.67. The number of amides is 1. The van der Waals surface area contributed by atoms with E-state index in [9.17, 15) is 19.5 Å². The van der Waals surface area contributed by atoms with Crippen molar-refractivity contribution in [3.63, 3.8) is 0 Å². The molecule has 8 heteroatoms. The van der Waals surface area contributed by atoms with Gasteiger partial charge in [-0.1, -0.05) is 18.2 Å². The molecule has 0 bridgehead atoms. The number of methoxy groups -OCH3 is 1. The van der Waals surface area contributed by atoms with E-state index in [1.165, 1.54) is 14.0 Å². The normalized spacial score (nSPS) is 20.9. The molecule has 0 aliphatic carbocycles. The number of esters is 2. The molecule has 1 N–H and O–H groups in total. The summed E-state index contributed by atoms with van der Waals surface area (Å²) in [7, 11) is 1.46. The van der Waals surface area contributed by atoms with Gasteiger partial charge in [0.05, 0.1) is 20.3 Å². The van der Waals surface area contributed by atoms with E-state index in [1.807, 2.05) is 0 Å². The highest BCUT2D eigenvalue weighted by molar-refractivity contribution is 6.09. The van der Waals surface area contributed by atoms with E-state index < -0.39 is 35.5 Å². The van der Waals surface area contributed by atoms with Gasteiger partial charge in [-0.2, -0.15) is 0 Å². The van der Waals surface area contributed by atoms with Crippen LogP contribution < -0.4 is 4.74 Å². The Morgan fingerprint density at radius 3 is 2.19 bits per heavy atom. The molecule has 2 rings (SSSR count). The van der Waals surface area contributed by atoms with Crippen molar-refractivity contribution in [1.29, 1.82) is 0 Å². The monoisotopic (exact) mass is 379 g/mol. The highest BCUT2D eigenvalue weighted by Crippen LogP contribution is 2.49. The SMILES string of the molecule is CCOC(=O)C1(C(=O)OCC)[C@H](c2ccccc2OC)C[C@H](O)N1C(C)=O. The summed E-state index contributed by atoms with van der Waals surface area (Å²) in [5, 5.41) is 10.6. The quantitative estimate of drug-likeness (QED) is 0.585. The van der Waals surface area contributed by atoms with E-state index >= 15 is 0 Å². The second-order valence-corrected chi connectivity index (χ2v) is 6.11. The largest absolute Gasteiger partial charge is 0.496 e. The minimum absolute atomic E-state index is 0.000469. The minimum atomic E-state index is -2.13. The fourth-order valence-corrected chi connectivity index (χ4v) is 3.70. The van der Waals surface area contributed by atoms with Gasteiger partial charge < -0.3 is 19.3 Å². The molecule has 148 valence electrons. The number of carbonyl (C=O) groups excluding carboxylic acids is 3. The van der Waals surface area contributed by atoms with Crippen LogP contribution in [0.25, 0.3) is 0 Å². The number of para-hydroxylation sites is 1. The third-order valence-electron chi connectivity index (χ3n) is 4.66. The van der Waals surface area contributed by atoms with Crippen molar-refractivity contribution >= 4 is 17.8 Å². The lowest BCUT2D eigenvalue weighted by molar-refractivity contribution is -0.182. The molecular formula is C19H25NO7. The summed E-state index contributed by atoms with van der Waals surface area (Å²) in [6.07, 6.45) is -1.40. The summed E-state index contributed by atoms with van der Waals surface area (Å²) in [6, 6.07) is 6.83. The number of aliphatic hydroxyl groups excluding tert-OH is 1. The third kappa shape index (κ3) is 3.37. The molecule has 1 amide bonds. The number of hydrogen-bond donors (Lipinski definition) is 1. The van der Waals surface area contributed by atoms with Gasteiger partial charge in [0, 0.05) is 24.8 Å². The van der Waals surface area contributed by atoms with Gasteiger partial charge in [-0.15, -0.1) is 0 Å². The molecule has 1 aliphatic heterocycles. The molecular weight excluding hydrogens is 354 g/mol. The van der Waals surface area contributed by atoms with E-state index in [0.717, 1.165) is 4.90 Å². The van der Waals surface area contributed by atoms with Gasteiger partial charge in [-0.25, -0.2) is 9.59 Å². The van der Waals surface area contributed by atoms with Crippen molar-refractivity contribution in [3.8, 4) is 5.75 Å². The zero-order valence-corrected chi connectivity index (χ0v) is 15.9. The Labute approximate surface area is 158 Å². The van der Waals surface area contributed by atoms with Gasteiger partial charge in [-0.3, -0.25) is 9.69 Å². The highest BCUT2D eigenvalue weighted by atomic mass is 16.6. The number of likely N-dealkylation sites (tertiary alicyclic amines) is 1. The number of rotatable bonds is 6. The first-order valence-electron chi connectivity index (χ1n) is 8.81. The van der Waals surface area contributed by atoms with Gasteiger partial charge in [0.1, 0.15) is 12.0 Å². The van der Waals surface area contributed by atoms with Gasteiger partial charge in [-0.05, 0) is 19.9 Å². The zero-order chi connectivity index (χ0) is 20.2. The molecule has 1 aromatic carbocycles. The molecule has 0 radical (unpaired) electrons. The lowest BCUT2D eigenvalue weighted by Crippen LogP contribution is -2.63. The van der Waals surface area contributed by atoms with Crippen molar-refractivity contribution in [3.05, 3.63) is 29.8 Å². The summed E-state index contributed by atoms with van der Waals surface area (Å²) < 4.78 is 15.7. The molecule has 2 atom stereocenters. The lowest BCUT2D eigenvalue weighted by Gasteiger charge is -2.38. The zero-order valence-electron chi connectivity index (χ0n) is 15.9. The maximum atomic E-state index is 13.1. The number of ether oxygens (including phenoxy) is 3. The first-order valence-corrected chi connectivity index (χ1v) is 8.81. The Bertz CT molecular complexity index is 700. The fourth-order valence-electron chi connectivity index (χ4n) is 3.70. The summed E-state index contributed by atoms with van der Waals surface area (Å²) in [5.41, 5.74) is -1.63. The van der Waals surface area contributed by atoms with Crippen LogP contribution in [0.2, 0.25) is 0 Å². The van der Waals surface area contributed by atoms with E-state index in [1.54, 1.807) is 38.1 Å². The van der Waals surface area contributed by atoms with Crippen LogP contribution in [0.5, 0.6) is 5.75 Å². The number of aliphatic hydroxyl groups is 1. The summed E-state index contributed by atoms with van der Waals surface area (Å²) >= 11 is 0. The van der Waals surface area contributed by atoms with Crippen molar-refractivity contribution in [2.75, 3.05) is 20.3 Å². The van der Waals surface area contributed by atoms with Crippen LogP contribution >= 0.6 is 0 Å². The summed E-state index contributed by atoms with van der Waals surface area (Å²) in [4.78, 5) is 39.3. The molecule has 0 saturated carbocycles. The molecule has 0 unspecified atom stereocenters. The average Bonchev–Trinajstić information content (AvgIpc) is 2.96. The molecule has 1 heterocycles. The second kappa shape index (κ2) is 8.39. The van der Waals surface area contributed by atoms with Crippen LogP contribution in [0.1, 0.15) is 38.7 Å². The predicted octanol–water partition coefficient (Wildman–Crippen LogP) is 1.21. The molecule has 27 heavy (non-hydrogen) atoms. The molecule has 8 nitrogen and oxygen atoms in total. The Morgan fingerprint density at radius 1 is 1.15 bits per heavy atom. The smallest absolute Gasteiger partial charge is 0.344 e. The first-order chi connectivity index (χ1) is 12.9. The van der Waals surface area contributed by atoms with E-state index in [0.29, 0.717) is 11.3 Å². The maximum Gasteiger partial charge on any atom is 0.344 e. The first kappa shape index (κ1) is 20.7. The van der Waals surface area contributed by atoms with Crippen LogP contribution in [0.3, 0.4) is 0 Å². The molecule has 0 aromatic heterocycles. The molecule has 1 saturated heterocycles. The predicted molar refractivity (Wildman–Crippen MR) is 94.9 cm³/mol. The average molecular weight is 379 g/mol. The van der Waals surface area contributed by atoms with Crippen molar-refractivity contribution < 1.29 is 33.7 Å². The number of nitrogens with zero attached hydrogens (tertiary/aromatic N) is 1. The molecule has 1 aromatic rings. The van der Waals surface area contributed by atoms with Crippen LogP contribution in [0.4, 0.5) is 0 Å². The van der Waals surface area contributed by atoms with Crippen LogP contribution in [0, 0.1) is 0 Å². The summed E-state index contributed by atoms with van der Waals surface area (Å²) in [5.74, 6) is -2.98. The van der Waals surface area contributed by atoms with Gasteiger partial charge in [0.25, 0.3) is 0 Å². The van der Waals surface area contributed by atoms with E-state index in [2.05, 4.69) is 0 Å². The van der Waals surface area contributed by atoms with E-state index in [4.69, 9.17) is 14.2 Å². The summed E-state index contributed by atoms with van der Waals surface area (Å²) in [6.45, 7) is 4.37. The lowest BCUT2D eigenvalue weighted by atomic mass is 9.79. The number of carbonyl (C=O) groups is 3. The molecule has 1 aliphatic rings. The van der Waals surface area contributed by atoms with Crippen LogP contribution in [0.15, 0.2) is 24.3 Å². The van der Waals surface area contributed by atoms with Crippen LogP contribution in [-0.2, 0) is 23.9 Å². The van der Waals surface area contributed by atoms with Crippen LogP contribution in [-0.4, -0.2) is 59.9 Å². The fraction of sp³-hybridized carbons (Fsp3) is 0.526. The Balaban J connectivity index is 2.77. The topological polar surface area (TPSA) is 102 Å².